The van der Waals surface area contributed by atoms with Crippen molar-refractivity contribution >= 4 is 38.9 Å². The monoisotopic (exact) mass is 406 g/mol. The minimum atomic E-state index is 0.182. The number of halogens is 1. The molecular formula is C21H15BrN2O2. The summed E-state index contributed by atoms with van der Waals surface area (Å²) in [5.74, 6) is 0.783. The Kier molecular flexibility index (Phi) is 4.31. The van der Waals surface area contributed by atoms with Crippen LogP contribution < -0.4 is 0 Å². The lowest BCUT2D eigenvalue weighted by atomic mass is 10.1. The van der Waals surface area contributed by atoms with Crippen LogP contribution in [-0.2, 0) is 0 Å². The topological polar surface area (TPSA) is 58.6 Å². The number of fused-ring (bicyclic) bond motifs is 1. The summed E-state index contributed by atoms with van der Waals surface area (Å²) in [6.07, 6.45) is 1.63. The summed E-state index contributed by atoms with van der Waals surface area (Å²) in [5.41, 5.74) is 4.93. The highest BCUT2D eigenvalue weighted by molar-refractivity contribution is 9.10. The number of hydrogen-bond acceptors (Lipinski definition) is 4. The third kappa shape index (κ3) is 3.26. The van der Waals surface area contributed by atoms with Crippen molar-refractivity contribution in [2.24, 2.45) is 4.99 Å². The second kappa shape index (κ2) is 6.77. The Bertz CT molecular complexity index is 1130. The molecule has 0 saturated heterocycles. The van der Waals surface area contributed by atoms with E-state index in [-0.39, 0.29) is 5.75 Å². The number of aromatic hydroxyl groups is 1. The highest BCUT2D eigenvalue weighted by Gasteiger charge is 2.10. The summed E-state index contributed by atoms with van der Waals surface area (Å²) in [6, 6.07) is 18.8. The Morgan fingerprint density at radius 3 is 2.77 bits per heavy atom. The van der Waals surface area contributed by atoms with E-state index in [9.17, 15) is 5.11 Å². The van der Waals surface area contributed by atoms with Crippen LogP contribution in [0, 0.1) is 6.92 Å². The maximum Gasteiger partial charge on any atom is 0.227 e. The van der Waals surface area contributed by atoms with Crippen molar-refractivity contribution in [2.75, 3.05) is 0 Å². The lowest BCUT2D eigenvalue weighted by molar-refractivity contribution is 0.474. The van der Waals surface area contributed by atoms with Gasteiger partial charge >= 0.3 is 0 Å². The number of phenolic OH excluding ortho intramolecular Hbond substituents is 1. The van der Waals surface area contributed by atoms with E-state index in [4.69, 9.17) is 4.42 Å². The molecule has 0 aliphatic carbocycles. The molecule has 0 atom stereocenters. The van der Waals surface area contributed by atoms with Gasteiger partial charge in [-0.2, -0.15) is 0 Å². The summed E-state index contributed by atoms with van der Waals surface area (Å²) in [6.45, 7) is 2.03. The molecule has 0 amide bonds. The largest absolute Gasteiger partial charge is 0.507 e. The number of oxazole rings is 1. The SMILES string of the molecule is Cc1ccccc1-c1nc2cc(N=Cc3cc(Br)ccc3O)ccc2o1. The fourth-order valence-electron chi connectivity index (χ4n) is 2.70. The third-order valence-corrected chi connectivity index (χ3v) is 4.58. The van der Waals surface area contributed by atoms with Gasteiger partial charge in [0.05, 0.1) is 5.69 Å². The van der Waals surface area contributed by atoms with Crippen LogP contribution in [0.25, 0.3) is 22.6 Å². The Balaban J connectivity index is 1.69. The summed E-state index contributed by atoms with van der Waals surface area (Å²) in [4.78, 5) is 9.03. The summed E-state index contributed by atoms with van der Waals surface area (Å²) < 4.78 is 6.76. The van der Waals surface area contributed by atoms with E-state index in [1.54, 1.807) is 18.3 Å². The van der Waals surface area contributed by atoms with Crippen molar-refractivity contribution < 1.29 is 9.52 Å². The van der Waals surface area contributed by atoms with Gasteiger partial charge in [0.15, 0.2) is 5.58 Å². The normalized spacial score (nSPS) is 11.5. The zero-order valence-corrected chi connectivity index (χ0v) is 15.6. The Morgan fingerprint density at radius 1 is 1.08 bits per heavy atom. The van der Waals surface area contributed by atoms with Gasteiger partial charge in [-0.15, -0.1) is 0 Å². The fourth-order valence-corrected chi connectivity index (χ4v) is 3.08. The lowest BCUT2D eigenvalue weighted by Crippen LogP contribution is -1.82. The van der Waals surface area contributed by atoms with Crippen LogP contribution in [0.3, 0.4) is 0 Å². The number of aromatic nitrogens is 1. The Labute approximate surface area is 159 Å². The van der Waals surface area contributed by atoms with Gasteiger partial charge in [0, 0.05) is 21.8 Å². The molecule has 5 heteroatoms. The van der Waals surface area contributed by atoms with Crippen molar-refractivity contribution in [1.82, 2.24) is 4.98 Å². The average Bonchev–Trinajstić information content (AvgIpc) is 3.06. The first-order valence-corrected chi connectivity index (χ1v) is 8.88. The molecule has 0 spiro atoms. The van der Waals surface area contributed by atoms with Crippen molar-refractivity contribution in [3.8, 4) is 17.2 Å². The van der Waals surface area contributed by atoms with Crippen LogP contribution in [0.4, 0.5) is 5.69 Å². The number of nitrogens with zero attached hydrogens (tertiary/aromatic N) is 2. The van der Waals surface area contributed by atoms with E-state index < -0.39 is 0 Å². The minimum Gasteiger partial charge on any atom is -0.507 e. The first-order chi connectivity index (χ1) is 12.6. The van der Waals surface area contributed by atoms with Gasteiger partial charge in [0.25, 0.3) is 0 Å². The third-order valence-electron chi connectivity index (χ3n) is 4.09. The molecule has 0 aliphatic heterocycles. The van der Waals surface area contributed by atoms with Crippen molar-refractivity contribution in [3.05, 3.63) is 76.3 Å². The van der Waals surface area contributed by atoms with E-state index in [1.165, 1.54) is 0 Å². The molecule has 0 aliphatic rings. The zero-order valence-electron chi connectivity index (χ0n) is 14.0. The van der Waals surface area contributed by atoms with E-state index in [1.807, 2.05) is 55.5 Å². The van der Waals surface area contributed by atoms with Crippen LogP contribution >= 0.6 is 15.9 Å². The van der Waals surface area contributed by atoms with Gasteiger partial charge in [0.2, 0.25) is 5.89 Å². The van der Waals surface area contributed by atoms with Crippen molar-refractivity contribution in [3.63, 3.8) is 0 Å². The quantitative estimate of drug-likeness (QED) is 0.423. The number of aliphatic imine (C=N–C) groups is 1. The van der Waals surface area contributed by atoms with Crippen LogP contribution in [0.1, 0.15) is 11.1 Å². The standard InChI is InChI=1S/C21H15BrN2O2/c1-13-4-2-3-5-17(13)21-24-18-11-16(7-9-20(18)26-21)23-12-14-10-15(22)6-8-19(14)25/h2-12,25H,1H3. The molecule has 0 bridgehead atoms. The number of benzene rings is 3. The summed E-state index contributed by atoms with van der Waals surface area (Å²) in [5, 5.41) is 9.90. The van der Waals surface area contributed by atoms with Gasteiger partial charge in [-0.1, -0.05) is 34.1 Å². The van der Waals surface area contributed by atoms with Gasteiger partial charge in [-0.25, -0.2) is 4.98 Å². The number of hydrogen-bond donors (Lipinski definition) is 1. The van der Waals surface area contributed by atoms with E-state index >= 15 is 0 Å². The molecular weight excluding hydrogens is 392 g/mol. The van der Waals surface area contributed by atoms with E-state index in [0.29, 0.717) is 17.0 Å². The van der Waals surface area contributed by atoms with Gasteiger partial charge < -0.3 is 9.52 Å². The molecule has 0 saturated carbocycles. The van der Waals surface area contributed by atoms with E-state index in [2.05, 4.69) is 25.9 Å². The molecule has 1 aromatic heterocycles. The predicted molar refractivity (Wildman–Crippen MR) is 107 cm³/mol. The van der Waals surface area contributed by atoms with Gasteiger partial charge in [-0.05, 0) is 55.0 Å². The number of phenols is 1. The summed E-state index contributed by atoms with van der Waals surface area (Å²) in [7, 11) is 0. The molecule has 4 aromatic rings. The Morgan fingerprint density at radius 2 is 1.92 bits per heavy atom. The fraction of sp³-hybridized carbons (Fsp3) is 0.0476. The molecule has 1 heterocycles. The second-order valence-corrected chi connectivity index (χ2v) is 6.86. The minimum absolute atomic E-state index is 0.182. The maximum absolute atomic E-state index is 9.90. The summed E-state index contributed by atoms with van der Waals surface area (Å²) >= 11 is 3.39. The highest BCUT2D eigenvalue weighted by atomic mass is 79.9. The number of aryl methyl sites for hydroxylation is 1. The van der Waals surface area contributed by atoms with Crippen LogP contribution in [0.5, 0.6) is 5.75 Å². The molecule has 0 fully saturated rings. The van der Waals surface area contributed by atoms with Crippen LogP contribution in [0.15, 0.2) is 74.5 Å². The lowest BCUT2D eigenvalue weighted by Gasteiger charge is -1.99. The van der Waals surface area contributed by atoms with Gasteiger partial charge in [-0.3, -0.25) is 4.99 Å². The highest BCUT2D eigenvalue weighted by Crippen LogP contribution is 2.29. The van der Waals surface area contributed by atoms with Crippen molar-refractivity contribution in [1.29, 1.82) is 0 Å². The molecule has 0 unspecified atom stereocenters. The number of rotatable bonds is 3. The molecule has 4 rings (SSSR count). The second-order valence-electron chi connectivity index (χ2n) is 5.95. The zero-order chi connectivity index (χ0) is 18.1. The molecule has 3 aromatic carbocycles. The molecule has 26 heavy (non-hydrogen) atoms. The first kappa shape index (κ1) is 16.5. The maximum atomic E-state index is 9.90. The molecule has 1 N–H and O–H groups in total. The predicted octanol–water partition coefficient (Wildman–Crippen LogP) is 6.02. The van der Waals surface area contributed by atoms with Crippen LogP contribution in [-0.4, -0.2) is 16.3 Å². The molecule has 0 radical (unpaired) electrons. The average molecular weight is 407 g/mol. The molecule has 128 valence electrons. The Hall–Kier alpha value is -2.92. The smallest absolute Gasteiger partial charge is 0.227 e. The van der Waals surface area contributed by atoms with Crippen molar-refractivity contribution in [2.45, 2.75) is 6.92 Å². The first-order valence-electron chi connectivity index (χ1n) is 8.09. The molecule has 4 nitrogen and oxygen atoms in total. The van der Waals surface area contributed by atoms with Crippen LogP contribution in [0.2, 0.25) is 0 Å². The van der Waals surface area contributed by atoms with E-state index in [0.717, 1.165) is 26.8 Å². The van der Waals surface area contributed by atoms with Gasteiger partial charge in [0.1, 0.15) is 11.3 Å².